The van der Waals surface area contributed by atoms with Crippen LogP contribution in [0.15, 0.2) is 48.0 Å². The summed E-state index contributed by atoms with van der Waals surface area (Å²) in [7, 11) is 5.22. The number of unbranched alkanes of at least 4 members (excludes halogenated alkanes) is 1. The monoisotopic (exact) mass is 572 g/mol. The molecule has 2 aromatic carbocycles. The molecule has 2 aromatic rings. The van der Waals surface area contributed by atoms with E-state index in [4.69, 9.17) is 9.47 Å². The third kappa shape index (κ3) is 17.0. The van der Waals surface area contributed by atoms with Crippen molar-refractivity contribution in [3.05, 3.63) is 54.4 Å². The number of benzene rings is 2. The van der Waals surface area contributed by atoms with E-state index in [0.29, 0.717) is 60.6 Å². The Balaban J connectivity index is 0.00000137. The summed E-state index contributed by atoms with van der Waals surface area (Å²) in [5, 5.41) is 5.91. The number of ether oxygens (including phenoxy) is 2. The largest absolute Gasteiger partial charge is 0.491 e. The molecule has 2 rings (SSSR count). The van der Waals surface area contributed by atoms with Crippen LogP contribution in [0.25, 0.3) is 5.70 Å². The summed E-state index contributed by atoms with van der Waals surface area (Å²) in [5.74, 6) is 0.291. The van der Waals surface area contributed by atoms with Crippen LogP contribution < -0.4 is 15.4 Å². The number of nitrogens with zero attached hydrogens (tertiary/aromatic N) is 2. The minimum Gasteiger partial charge on any atom is -0.491 e. The zero-order chi connectivity index (χ0) is 31.2. The maximum Gasteiger partial charge on any atom is 0.238 e. The number of hydrogen-bond acceptors (Lipinski definition) is 7. The van der Waals surface area contributed by atoms with Crippen molar-refractivity contribution in [2.45, 2.75) is 53.9 Å². The molecule has 0 unspecified atom stereocenters. The number of methoxy groups -OCH3 is 1. The van der Waals surface area contributed by atoms with Gasteiger partial charge < -0.3 is 29.8 Å². The Kier molecular flexibility index (Phi) is 20.2. The minimum absolute atomic E-state index is 0.105. The summed E-state index contributed by atoms with van der Waals surface area (Å²) in [6.45, 7) is 15.1. The van der Waals surface area contributed by atoms with Gasteiger partial charge >= 0.3 is 0 Å². The third-order valence-corrected chi connectivity index (χ3v) is 5.16. The van der Waals surface area contributed by atoms with E-state index in [1.54, 1.807) is 55.5 Å². The number of nitrogens with one attached hydrogen (secondary N) is 2. The molecule has 0 atom stereocenters. The molecule has 9 heteroatoms. The van der Waals surface area contributed by atoms with Gasteiger partial charge in [0.15, 0.2) is 0 Å². The number of likely N-dealkylation sites (N-methyl/N-ethyl adjacent to an activating group) is 1. The number of amides is 1. The minimum atomic E-state index is -0.499. The zero-order valence-electron chi connectivity index (χ0n) is 26.1. The van der Waals surface area contributed by atoms with E-state index in [1.165, 1.54) is 18.9 Å². The van der Waals surface area contributed by atoms with Gasteiger partial charge in [-0.25, -0.2) is 4.39 Å². The molecule has 0 aliphatic heterocycles. The van der Waals surface area contributed by atoms with Crippen LogP contribution >= 0.6 is 0 Å². The number of rotatable bonds is 14. The molecule has 0 radical (unpaired) electrons. The Bertz CT molecular complexity index is 1070. The molecule has 0 spiro atoms. The first-order valence-electron chi connectivity index (χ1n) is 13.9. The molecule has 41 heavy (non-hydrogen) atoms. The van der Waals surface area contributed by atoms with Crippen molar-refractivity contribution in [1.82, 2.24) is 4.90 Å². The van der Waals surface area contributed by atoms with Gasteiger partial charge in [-0.05, 0) is 51.2 Å². The van der Waals surface area contributed by atoms with Crippen molar-refractivity contribution in [2.24, 2.45) is 10.9 Å². The molecule has 228 valence electrons. The number of aldehydes is 1. The zero-order valence-corrected chi connectivity index (χ0v) is 26.1. The van der Waals surface area contributed by atoms with E-state index in [9.17, 15) is 14.0 Å². The molecule has 0 bridgehead atoms. The second-order valence-corrected chi connectivity index (χ2v) is 9.79. The maximum absolute atomic E-state index is 14.9. The van der Waals surface area contributed by atoms with Crippen LogP contribution in [0.4, 0.5) is 21.5 Å². The summed E-state index contributed by atoms with van der Waals surface area (Å²) < 4.78 is 25.3. The van der Waals surface area contributed by atoms with Gasteiger partial charge in [0.25, 0.3) is 0 Å². The average molecular weight is 573 g/mol. The molecule has 0 saturated carbocycles. The number of halogens is 1. The van der Waals surface area contributed by atoms with E-state index < -0.39 is 5.82 Å². The molecule has 8 nitrogen and oxygen atoms in total. The van der Waals surface area contributed by atoms with Crippen molar-refractivity contribution in [1.29, 1.82) is 0 Å². The van der Waals surface area contributed by atoms with Crippen LogP contribution in [0.1, 0.15) is 59.4 Å². The second-order valence-electron chi connectivity index (χ2n) is 9.79. The number of hydrogen-bond donors (Lipinski definition) is 2. The standard InChI is InChI=1S/C23H29FN4O3.C5H10O.C4H10/c1-6-25-21-14-19(31-12-11-30-5)13-20(24)23(21)16(2)26-17-7-9-18(10-8-17)27-22(29)15-28(3)4;1-5(2)3-4-6;1-3-4-2/h6-10,13-14,26H,2,11-12,15H2,1,3-5H3,(H,27,29);4-5H,3H2,1-2H3;3-4H2,1-2H3. The first-order valence-corrected chi connectivity index (χ1v) is 13.9. The predicted molar refractivity (Wildman–Crippen MR) is 170 cm³/mol. The average Bonchev–Trinajstić information content (AvgIpc) is 2.90. The third-order valence-electron chi connectivity index (χ3n) is 5.16. The highest BCUT2D eigenvalue weighted by molar-refractivity contribution is 5.92. The van der Waals surface area contributed by atoms with E-state index in [-0.39, 0.29) is 11.5 Å². The van der Waals surface area contributed by atoms with Crippen molar-refractivity contribution in [3.63, 3.8) is 0 Å². The predicted octanol–water partition coefficient (Wildman–Crippen LogP) is 7.19. The fourth-order valence-electron chi connectivity index (χ4n) is 2.99. The SMILES string of the molecule is C=C(Nc1ccc(NC(=O)CN(C)C)cc1)c1c(F)cc(OCCOC)cc1N=CC.CC(C)CC=O.CCCC. The van der Waals surface area contributed by atoms with Gasteiger partial charge in [-0.2, -0.15) is 0 Å². The Labute approximate surface area is 246 Å². The molecule has 0 fully saturated rings. The molecule has 1 amide bonds. The molecular formula is C32H49FN4O4. The second kappa shape index (κ2) is 22.2. The molecule has 0 aliphatic rings. The first kappa shape index (κ1) is 37.4. The van der Waals surface area contributed by atoms with Crippen molar-refractivity contribution >= 4 is 41.2 Å². The summed E-state index contributed by atoms with van der Waals surface area (Å²) in [6, 6.07) is 10.0. The Morgan fingerprint density at radius 3 is 2.10 bits per heavy atom. The number of carbonyl (C=O) groups excluding carboxylic acids is 2. The van der Waals surface area contributed by atoms with Gasteiger partial charge in [0.2, 0.25) is 5.91 Å². The normalized spacial score (nSPS) is 10.4. The summed E-state index contributed by atoms with van der Waals surface area (Å²) in [4.78, 5) is 27.5. The van der Waals surface area contributed by atoms with Crippen LogP contribution in [0, 0.1) is 11.7 Å². The lowest BCUT2D eigenvalue weighted by Crippen LogP contribution is -2.27. The summed E-state index contributed by atoms with van der Waals surface area (Å²) >= 11 is 0. The van der Waals surface area contributed by atoms with Crippen LogP contribution in [0.2, 0.25) is 0 Å². The van der Waals surface area contributed by atoms with Crippen molar-refractivity contribution in [2.75, 3.05) is 51.6 Å². The topological polar surface area (TPSA) is 92.3 Å². The van der Waals surface area contributed by atoms with Crippen LogP contribution in [-0.2, 0) is 14.3 Å². The molecular weight excluding hydrogens is 523 g/mol. The Hall–Kier alpha value is -3.56. The highest BCUT2D eigenvalue weighted by atomic mass is 19.1. The van der Waals surface area contributed by atoms with Gasteiger partial charge in [-0.15, -0.1) is 0 Å². The molecule has 0 aliphatic carbocycles. The van der Waals surface area contributed by atoms with Crippen LogP contribution in [0.5, 0.6) is 5.75 Å². The lowest BCUT2D eigenvalue weighted by Gasteiger charge is -2.15. The number of aliphatic imine (C=N–C) groups is 1. The van der Waals surface area contributed by atoms with E-state index in [2.05, 4.69) is 36.1 Å². The summed E-state index contributed by atoms with van der Waals surface area (Å²) in [6.07, 6.45) is 5.86. The van der Waals surface area contributed by atoms with Gasteiger partial charge in [-0.1, -0.05) is 47.1 Å². The van der Waals surface area contributed by atoms with Crippen molar-refractivity contribution in [3.8, 4) is 5.75 Å². The van der Waals surface area contributed by atoms with Gasteiger partial charge in [0.05, 0.1) is 24.4 Å². The van der Waals surface area contributed by atoms with E-state index >= 15 is 0 Å². The summed E-state index contributed by atoms with van der Waals surface area (Å²) in [5.41, 5.74) is 2.37. The highest BCUT2D eigenvalue weighted by Gasteiger charge is 2.15. The Morgan fingerprint density at radius 2 is 1.66 bits per heavy atom. The van der Waals surface area contributed by atoms with E-state index in [0.717, 1.165) is 6.29 Å². The lowest BCUT2D eigenvalue weighted by atomic mass is 10.1. The number of anilines is 2. The molecule has 2 N–H and O–H groups in total. The highest BCUT2D eigenvalue weighted by Crippen LogP contribution is 2.33. The number of carbonyl (C=O) groups is 2. The van der Waals surface area contributed by atoms with Crippen molar-refractivity contribution < 1.29 is 23.5 Å². The fourth-order valence-corrected chi connectivity index (χ4v) is 2.99. The fraction of sp³-hybridized carbons (Fsp3) is 0.469. The molecule has 0 aromatic heterocycles. The van der Waals surface area contributed by atoms with E-state index in [1.807, 2.05) is 27.9 Å². The molecule has 0 heterocycles. The lowest BCUT2D eigenvalue weighted by molar-refractivity contribution is -0.116. The van der Waals surface area contributed by atoms with Crippen LogP contribution in [-0.4, -0.2) is 64.3 Å². The van der Waals surface area contributed by atoms with Gasteiger partial charge in [-0.3, -0.25) is 9.79 Å². The first-order chi connectivity index (χ1) is 19.5. The van der Waals surface area contributed by atoms with Gasteiger partial charge in [0.1, 0.15) is 24.5 Å². The Morgan fingerprint density at radius 1 is 1.07 bits per heavy atom. The quantitative estimate of drug-likeness (QED) is 0.141. The van der Waals surface area contributed by atoms with Gasteiger partial charge in [0, 0.05) is 48.9 Å². The maximum atomic E-state index is 14.9. The molecule has 0 saturated heterocycles. The smallest absolute Gasteiger partial charge is 0.238 e. The van der Waals surface area contributed by atoms with Crippen LogP contribution in [0.3, 0.4) is 0 Å².